The molecule has 0 saturated carbocycles. The molecule has 0 spiro atoms. The van der Waals surface area contributed by atoms with Crippen LogP contribution in [-0.4, -0.2) is 15.2 Å². The van der Waals surface area contributed by atoms with Gasteiger partial charge in [0.25, 0.3) is 5.56 Å². The second-order valence-corrected chi connectivity index (χ2v) is 5.25. The third-order valence-corrected chi connectivity index (χ3v) is 3.33. The smallest absolute Gasteiger partial charge is 0.274 e. The van der Waals surface area contributed by atoms with Crippen LogP contribution in [0.4, 0.5) is 16.0 Å². The van der Waals surface area contributed by atoms with Gasteiger partial charge in [0.2, 0.25) is 5.95 Å². The number of H-pyrrole nitrogens is 1. The maximum atomic E-state index is 12.9. The fourth-order valence-corrected chi connectivity index (χ4v) is 2.19. The van der Waals surface area contributed by atoms with Gasteiger partial charge >= 0.3 is 0 Å². The molecule has 0 atom stereocenters. The topological polar surface area (TPSA) is 70.7 Å². The van der Waals surface area contributed by atoms with Crippen LogP contribution in [0.1, 0.15) is 16.8 Å². The summed E-state index contributed by atoms with van der Waals surface area (Å²) in [5.41, 5.74) is 2.68. The zero-order valence-corrected chi connectivity index (χ0v) is 12.5. The van der Waals surface area contributed by atoms with E-state index < -0.39 is 0 Å². The molecule has 0 aliphatic heterocycles. The fourth-order valence-electron chi connectivity index (χ4n) is 2.19. The van der Waals surface area contributed by atoms with Crippen molar-refractivity contribution in [2.75, 3.05) is 5.32 Å². The van der Waals surface area contributed by atoms with Crippen LogP contribution in [0.3, 0.4) is 0 Å². The van der Waals surface area contributed by atoms with Gasteiger partial charge in [-0.3, -0.25) is 9.78 Å². The Kier molecular flexibility index (Phi) is 4.14. The van der Waals surface area contributed by atoms with Crippen molar-refractivity contribution in [2.45, 2.75) is 13.3 Å². The Morgan fingerprint density at radius 1 is 1.13 bits per heavy atom. The van der Waals surface area contributed by atoms with Gasteiger partial charge in [-0.25, -0.2) is 4.39 Å². The summed E-state index contributed by atoms with van der Waals surface area (Å²) >= 11 is 0. The third kappa shape index (κ3) is 3.79. The minimum Gasteiger partial charge on any atom is -0.324 e. The highest BCUT2D eigenvalue weighted by Gasteiger charge is 2.06. The quantitative estimate of drug-likeness (QED) is 0.777. The van der Waals surface area contributed by atoms with E-state index in [0.717, 1.165) is 16.8 Å². The molecule has 1 heterocycles. The molecule has 0 amide bonds. The average molecular weight is 310 g/mol. The van der Waals surface area contributed by atoms with Crippen LogP contribution in [0.2, 0.25) is 0 Å². The average Bonchev–Trinajstić information content (AvgIpc) is 2.52. The Morgan fingerprint density at radius 2 is 1.91 bits per heavy atom. The molecule has 0 radical (unpaired) electrons. The molecule has 23 heavy (non-hydrogen) atoms. The summed E-state index contributed by atoms with van der Waals surface area (Å²) in [5, 5.41) is 11.0. The first-order valence-electron chi connectivity index (χ1n) is 7.14. The number of benzene rings is 2. The molecule has 5 nitrogen and oxygen atoms in total. The van der Waals surface area contributed by atoms with E-state index in [0.29, 0.717) is 6.42 Å². The van der Waals surface area contributed by atoms with Gasteiger partial charge in [0.1, 0.15) is 11.5 Å². The highest BCUT2D eigenvalue weighted by molar-refractivity contribution is 5.53. The van der Waals surface area contributed by atoms with Gasteiger partial charge in [0, 0.05) is 12.1 Å². The monoisotopic (exact) mass is 310 g/mol. The Morgan fingerprint density at radius 3 is 2.61 bits per heavy atom. The third-order valence-electron chi connectivity index (χ3n) is 3.33. The first-order chi connectivity index (χ1) is 11.1. The molecule has 0 aliphatic carbocycles. The Balaban J connectivity index is 1.78. The molecule has 6 heteroatoms. The van der Waals surface area contributed by atoms with Crippen LogP contribution in [0.25, 0.3) is 0 Å². The summed E-state index contributed by atoms with van der Waals surface area (Å²) in [6, 6.07) is 13.6. The summed E-state index contributed by atoms with van der Waals surface area (Å²) in [5.74, 6) is -0.0325. The number of rotatable bonds is 4. The van der Waals surface area contributed by atoms with Crippen molar-refractivity contribution in [2.24, 2.45) is 0 Å². The van der Waals surface area contributed by atoms with Crippen molar-refractivity contribution in [1.82, 2.24) is 15.2 Å². The number of hydrogen-bond acceptors (Lipinski definition) is 4. The van der Waals surface area contributed by atoms with Gasteiger partial charge in [-0.1, -0.05) is 24.3 Å². The van der Waals surface area contributed by atoms with Crippen LogP contribution >= 0.6 is 0 Å². The largest absolute Gasteiger partial charge is 0.324 e. The number of nitrogens with zero attached hydrogens (tertiary/aromatic N) is 2. The second-order valence-electron chi connectivity index (χ2n) is 5.25. The predicted octanol–water partition coefficient (Wildman–Crippen LogP) is 2.95. The van der Waals surface area contributed by atoms with Crippen molar-refractivity contribution >= 4 is 11.6 Å². The minimum absolute atomic E-state index is 0.281. The van der Waals surface area contributed by atoms with Crippen molar-refractivity contribution < 1.29 is 4.39 Å². The Labute approximate surface area is 132 Å². The van der Waals surface area contributed by atoms with Crippen LogP contribution < -0.4 is 10.9 Å². The highest BCUT2D eigenvalue weighted by Crippen LogP contribution is 2.13. The summed E-state index contributed by atoms with van der Waals surface area (Å²) in [7, 11) is 0. The second kappa shape index (κ2) is 6.39. The van der Waals surface area contributed by atoms with E-state index in [1.165, 1.54) is 12.1 Å². The van der Waals surface area contributed by atoms with E-state index in [2.05, 4.69) is 20.5 Å². The van der Waals surface area contributed by atoms with E-state index in [4.69, 9.17) is 0 Å². The van der Waals surface area contributed by atoms with E-state index in [9.17, 15) is 9.18 Å². The first kappa shape index (κ1) is 14.9. The molecule has 0 bridgehead atoms. The zero-order chi connectivity index (χ0) is 16.2. The summed E-state index contributed by atoms with van der Waals surface area (Å²) in [6.45, 7) is 1.98. The summed E-state index contributed by atoms with van der Waals surface area (Å²) in [4.78, 5) is 14.8. The molecule has 0 unspecified atom stereocenters. The zero-order valence-electron chi connectivity index (χ0n) is 12.5. The SMILES string of the molecule is Cc1cccc(Nc2nnc(Cc3ccc(F)cc3)c(=O)[nH]2)c1. The van der Waals surface area contributed by atoms with Crippen molar-refractivity contribution in [3.05, 3.63) is 81.5 Å². The molecule has 0 saturated heterocycles. The molecule has 2 N–H and O–H groups in total. The highest BCUT2D eigenvalue weighted by atomic mass is 19.1. The van der Waals surface area contributed by atoms with E-state index >= 15 is 0 Å². The standard InChI is InChI=1S/C17H15FN4O/c1-11-3-2-4-14(9-11)19-17-20-16(23)15(21-22-17)10-12-5-7-13(18)8-6-12/h2-9H,10H2,1H3,(H2,19,20,22,23). The lowest BCUT2D eigenvalue weighted by Gasteiger charge is -2.06. The fraction of sp³-hybridized carbons (Fsp3) is 0.118. The van der Waals surface area contributed by atoms with E-state index in [1.54, 1.807) is 12.1 Å². The van der Waals surface area contributed by atoms with E-state index in [-0.39, 0.29) is 23.0 Å². The van der Waals surface area contributed by atoms with E-state index in [1.807, 2.05) is 31.2 Å². The number of aromatic nitrogens is 3. The first-order valence-corrected chi connectivity index (χ1v) is 7.14. The van der Waals surface area contributed by atoms with Crippen molar-refractivity contribution in [3.8, 4) is 0 Å². The van der Waals surface area contributed by atoms with Gasteiger partial charge in [-0.15, -0.1) is 10.2 Å². The minimum atomic E-state index is -0.320. The maximum Gasteiger partial charge on any atom is 0.274 e. The molecule has 2 aromatic carbocycles. The number of aryl methyl sites for hydroxylation is 1. The number of anilines is 2. The van der Waals surface area contributed by atoms with Gasteiger partial charge in [0.15, 0.2) is 0 Å². The number of nitrogens with one attached hydrogen (secondary N) is 2. The van der Waals surface area contributed by atoms with Crippen LogP contribution in [0, 0.1) is 12.7 Å². The van der Waals surface area contributed by atoms with Gasteiger partial charge in [-0.2, -0.15) is 0 Å². The number of hydrogen-bond donors (Lipinski definition) is 2. The normalized spacial score (nSPS) is 10.5. The Hall–Kier alpha value is -3.02. The summed E-state index contributed by atoms with van der Waals surface area (Å²) in [6.07, 6.45) is 0.299. The van der Waals surface area contributed by atoms with Gasteiger partial charge < -0.3 is 5.32 Å². The lowest BCUT2D eigenvalue weighted by molar-refractivity contribution is 0.627. The van der Waals surface area contributed by atoms with Crippen molar-refractivity contribution in [1.29, 1.82) is 0 Å². The van der Waals surface area contributed by atoms with Gasteiger partial charge in [0.05, 0.1) is 0 Å². The molecule has 0 fully saturated rings. The molecule has 1 aromatic heterocycles. The molecular weight excluding hydrogens is 295 g/mol. The van der Waals surface area contributed by atoms with Gasteiger partial charge in [-0.05, 0) is 42.3 Å². The molecule has 3 rings (SSSR count). The van der Waals surface area contributed by atoms with Crippen LogP contribution in [0.5, 0.6) is 0 Å². The maximum absolute atomic E-state index is 12.9. The van der Waals surface area contributed by atoms with Crippen LogP contribution in [0.15, 0.2) is 53.3 Å². The number of aromatic amines is 1. The lowest BCUT2D eigenvalue weighted by atomic mass is 10.1. The van der Waals surface area contributed by atoms with Crippen molar-refractivity contribution in [3.63, 3.8) is 0 Å². The number of halogens is 1. The summed E-state index contributed by atoms with van der Waals surface area (Å²) < 4.78 is 12.9. The lowest BCUT2D eigenvalue weighted by Crippen LogP contribution is -2.18. The molecule has 0 aliphatic rings. The molecule has 3 aromatic rings. The molecule has 116 valence electrons. The van der Waals surface area contributed by atoms with Crippen LogP contribution in [-0.2, 0) is 6.42 Å². The molecular formula is C17H15FN4O. The Bertz CT molecular complexity index is 874. The predicted molar refractivity (Wildman–Crippen MR) is 86.3 cm³/mol.